The first kappa shape index (κ1) is 17.5. The van der Waals surface area contributed by atoms with Crippen LogP contribution >= 0.6 is 0 Å². The van der Waals surface area contributed by atoms with Crippen LogP contribution in [0.5, 0.6) is 0 Å². The first-order valence-corrected chi connectivity index (χ1v) is 8.89. The summed E-state index contributed by atoms with van der Waals surface area (Å²) in [4.78, 5) is 20.1. The van der Waals surface area contributed by atoms with E-state index in [2.05, 4.69) is 23.7 Å². The molecule has 0 bridgehead atoms. The van der Waals surface area contributed by atoms with Crippen LogP contribution in [-0.2, 0) is 4.74 Å². The van der Waals surface area contributed by atoms with Gasteiger partial charge in [0.1, 0.15) is 0 Å². The molecular formula is C18H29N3O3. The van der Waals surface area contributed by atoms with Crippen molar-refractivity contribution in [3.05, 3.63) is 23.5 Å². The lowest BCUT2D eigenvalue weighted by Gasteiger charge is -2.37. The number of amides is 1. The molecule has 24 heavy (non-hydrogen) atoms. The molecule has 2 N–H and O–H groups in total. The van der Waals surface area contributed by atoms with Crippen molar-refractivity contribution in [1.29, 1.82) is 0 Å². The molecule has 1 aromatic rings. The van der Waals surface area contributed by atoms with E-state index in [9.17, 15) is 9.90 Å². The third-order valence-corrected chi connectivity index (χ3v) is 5.27. The normalized spacial score (nSPS) is 31.6. The van der Waals surface area contributed by atoms with Crippen LogP contribution in [-0.4, -0.2) is 77.3 Å². The van der Waals surface area contributed by atoms with E-state index in [-0.39, 0.29) is 30.6 Å². The number of carbonyl (C=O) groups excluding carboxylic acids is 1. The molecule has 2 saturated heterocycles. The number of nitrogens with zero attached hydrogens (tertiary/aromatic N) is 2. The first-order chi connectivity index (χ1) is 11.5. The summed E-state index contributed by atoms with van der Waals surface area (Å²) >= 11 is 0. The molecule has 0 radical (unpaired) electrons. The summed E-state index contributed by atoms with van der Waals surface area (Å²) in [5.74, 6) is 0.538. The van der Waals surface area contributed by atoms with Crippen molar-refractivity contribution in [3.8, 4) is 0 Å². The van der Waals surface area contributed by atoms with E-state index in [4.69, 9.17) is 4.74 Å². The number of aromatic amines is 1. The molecule has 3 heterocycles. The summed E-state index contributed by atoms with van der Waals surface area (Å²) in [6, 6.07) is 1.84. The molecule has 6 heteroatoms. The second kappa shape index (κ2) is 7.25. The molecule has 0 spiro atoms. The Morgan fingerprint density at radius 3 is 2.50 bits per heavy atom. The van der Waals surface area contributed by atoms with Crippen molar-refractivity contribution in [3.63, 3.8) is 0 Å². The zero-order valence-corrected chi connectivity index (χ0v) is 14.9. The highest BCUT2D eigenvalue weighted by molar-refractivity contribution is 5.95. The van der Waals surface area contributed by atoms with Crippen LogP contribution in [0.3, 0.4) is 0 Å². The van der Waals surface area contributed by atoms with E-state index in [1.807, 2.05) is 17.9 Å². The number of carbonyl (C=O) groups is 1. The van der Waals surface area contributed by atoms with E-state index < -0.39 is 0 Å². The van der Waals surface area contributed by atoms with E-state index >= 15 is 0 Å². The van der Waals surface area contributed by atoms with Crippen LogP contribution < -0.4 is 0 Å². The van der Waals surface area contributed by atoms with Gasteiger partial charge in [-0.3, -0.25) is 9.69 Å². The maximum absolute atomic E-state index is 12.7. The van der Waals surface area contributed by atoms with E-state index in [1.54, 1.807) is 6.20 Å². The summed E-state index contributed by atoms with van der Waals surface area (Å²) in [6.07, 6.45) is 2.28. The maximum atomic E-state index is 12.7. The van der Waals surface area contributed by atoms with Crippen LogP contribution in [0.2, 0.25) is 0 Å². The SMILES string of the molecule is Cc1[nH]ccc1C(=O)N1C[C@@H](CN2C[C@@H](C)O[C@@H](C)C2)[C@@H](CO)C1. The zero-order valence-electron chi connectivity index (χ0n) is 14.9. The minimum Gasteiger partial charge on any atom is -0.396 e. The van der Waals surface area contributed by atoms with Crippen LogP contribution in [0.15, 0.2) is 12.3 Å². The lowest BCUT2D eigenvalue weighted by molar-refractivity contribution is -0.0726. The first-order valence-electron chi connectivity index (χ1n) is 8.89. The Balaban J connectivity index is 1.64. The molecule has 3 rings (SSSR count). The molecule has 134 valence electrons. The van der Waals surface area contributed by atoms with Crippen molar-refractivity contribution in [1.82, 2.24) is 14.8 Å². The van der Waals surface area contributed by atoms with Crippen LogP contribution in [0.25, 0.3) is 0 Å². The molecular weight excluding hydrogens is 306 g/mol. The number of morpholine rings is 1. The predicted molar refractivity (Wildman–Crippen MR) is 91.9 cm³/mol. The zero-order chi connectivity index (χ0) is 17.3. The quantitative estimate of drug-likeness (QED) is 0.865. The molecule has 2 aliphatic rings. The fourth-order valence-corrected chi connectivity index (χ4v) is 4.14. The highest BCUT2D eigenvalue weighted by Crippen LogP contribution is 2.27. The molecule has 0 saturated carbocycles. The number of likely N-dealkylation sites (tertiary alicyclic amines) is 1. The third kappa shape index (κ3) is 3.66. The number of H-pyrrole nitrogens is 1. The second-order valence-electron chi connectivity index (χ2n) is 7.41. The Hall–Kier alpha value is -1.37. The third-order valence-electron chi connectivity index (χ3n) is 5.27. The van der Waals surface area contributed by atoms with Gasteiger partial charge in [-0.15, -0.1) is 0 Å². The average Bonchev–Trinajstić information content (AvgIpc) is 3.11. The molecule has 1 amide bonds. The van der Waals surface area contributed by atoms with Gasteiger partial charge in [-0.2, -0.15) is 0 Å². The van der Waals surface area contributed by atoms with Crippen molar-refractivity contribution >= 4 is 5.91 Å². The largest absolute Gasteiger partial charge is 0.396 e. The Kier molecular flexibility index (Phi) is 5.27. The highest BCUT2D eigenvalue weighted by Gasteiger charge is 2.37. The Bertz CT molecular complexity index is 564. The number of rotatable bonds is 4. The molecule has 2 fully saturated rings. The van der Waals surface area contributed by atoms with Gasteiger partial charge in [-0.05, 0) is 32.8 Å². The minimum atomic E-state index is 0.0680. The lowest BCUT2D eigenvalue weighted by Crippen LogP contribution is -2.48. The number of aryl methyl sites for hydroxylation is 1. The second-order valence-corrected chi connectivity index (χ2v) is 7.41. The molecule has 0 aliphatic carbocycles. The molecule has 0 aromatic carbocycles. The summed E-state index contributed by atoms with van der Waals surface area (Å²) in [5, 5.41) is 9.77. The Morgan fingerprint density at radius 2 is 1.92 bits per heavy atom. The minimum absolute atomic E-state index is 0.0680. The van der Waals surface area contributed by atoms with Gasteiger partial charge in [-0.1, -0.05) is 0 Å². The summed E-state index contributed by atoms with van der Waals surface area (Å²) < 4.78 is 5.80. The van der Waals surface area contributed by atoms with Gasteiger partial charge in [0, 0.05) is 57.1 Å². The smallest absolute Gasteiger partial charge is 0.255 e. The van der Waals surface area contributed by atoms with Gasteiger partial charge in [-0.25, -0.2) is 0 Å². The number of hydrogen-bond donors (Lipinski definition) is 2. The average molecular weight is 335 g/mol. The monoisotopic (exact) mass is 335 g/mol. The summed E-state index contributed by atoms with van der Waals surface area (Å²) in [7, 11) is 0. The topological polar surface area (TPSA) is 68.8 Å². The number of aliphatic hydroxyl groups excluding tert-OH is 1. The van der Waals surface area contributed by atoms with Crippen molar-refractivity contribution in [2.24, 2.45) is 11.8 Å². The molecule has 4 atom stereocenters. The van der Waals surface area contributed by atoms with Crippen molar-refractivity contribution < 1.29 is 14.6 Å². The summed E-state index contributed by atoms with van der Waals surface area (Å²) in [5.41, 5.74) is 1.64. The van der Waals surface area contributed by atoms with Gasteiger partial charge in [0.2, 0.25) is 0 Å². The molecule has 1 aromatic heterocycles. The standard InChI is InChI=1S/C18H29N3O3/c1-12-6-20(7-13(2)24-12)8-15-9-21(10-16(15)11-22)18(23)17-4-5-19-14(17)3/h4-5,12-13,15-16,19,22H,6-11H2,1-3H3/t12-,13+,15-,16-/m1/s1. The van der Waals surface area contributed by atoms with Crippen LogP contribution in [0.1, 0.15) is 29.9 Å². The van der Waals surface area contributed by atoms with Gasteiger partial charge < -0.3 is 19.7 Å². The molecule has 6 nitrogen and oxygen atoms in total. The van der Waals surface area contributed by atoms with Gasteiger partial charge in [0.05, 0.1) is 17.8 Å². The van der Waals surface area contributed by atoms with E-state index in [0.29, 0.717) is 12.5 Å². The number of aromatic nitrogens is 1. The lowest BCUT2D eigenvalue weighted by atomic mass is 9.96. The van der Waals surface area contributed by atoms with E-state index in [1.165, 1.54) is 0 Å². The number of aliphatic hydroxyl groups is 1. The summed E-state index contributed by atoms with van der Waals surface area (Å²) in [6.45, 7) is 10.4. The van der Waals surface area contributed by atoms with Crippen LogP contribution in [0, 0.1) is 18.8 Å². The van der Waals surface area contributed by atoms with Crippen LogP contribution in [0.4, 0.5) is 0 Å². The van der Waals surface area contributed by atoms with Gasteiger partial charge in [0.25, 0.3) is 5.91 Å². The Labute approximate surface area is 143 Å². The van der Waals surface area contributed by atoms with Crippen molar-refractivity contribution in [2.75, 3.05) is 39.3 Å². The van der Waals surface area contributed by atoms with Gasteiger partial charge in [0.15, 0.2) is 0 Å². The molecule has 2 aliphatic heterocycles. The number of hydrogen-bond acceptors (Lipinski definition) is 4. The van der Waals surface area contributed by atoms with Crippen molar-refractivity contribution in [2.45, 2.75) is 33.0 Å². The van der Waals surface area contributed by atoms with Gasteiger partial charge >= 0.3 is 0 Å². The predicted octanol–water partition coefficient (Wildman–Crippen LogP) is 1.11. The highest BCUT2D eigenvalue weighted by atomic mass is 16.5. The maximum Gasteiger partial charge on any atom is 0.255 e. The number of ether oxygens (including phenoxy) is 1. The number of nitrogens with one attached hydrogen (secondary N) is 1. The van der Waals surface area contributed by atoms with E-state index in [0.717, 1.165) is 37.4 Å². The fourth-order valence-electron chi connectivity index (χ4n) is 4.14. The Morgan fingerprint density at radius 1 is 1.25 bits per heavy atom. The fraction of sp³-hybridized carbons (Fsp3) is 0.722. The molecule has 0 unspecified atom stereocenters.